The zero-order chi connectivity index (χ0) is 14.3. The minimum atomic E-state index is -1.06. The molecule has 0 spiro atoms. The third-order valence-electron chi connectivity index (χ3n) is 3.93. The molecule has 0 aromatic rings. The Balaban J connectivity index is 2.59. The topological polar surface area (TPSA) is 78.4 Å². The number of carbonyl (C=O) groups is 2. The van der Waals surface area contributed by atoms with Crippen LogP contribution in [0, 0.1) is 0 Å². The summed E-state index contributed by atoms with van der Waals surface area (Å²) in [5, 5.41) is 15.0. The maximum Gasteiger partial charge on any atom is 0.329 e. The lowest BCUT2D eigenvalue weighted by Crippen LogP contribution is -2.59. The number of carboxylic acid groups (broad SMARTS) is 1. The van der Waals surface area contributed by atoms with Crippen molar-refractivity contribution in [3.8, 4) is 0 Å². The summed E-state index contributed by atoms with van der Waals surface area (Å²) in [5.41, 5.74) is -1.06. The van der Waals surface area contributed by atoms with Gasteiger partial charge in [-0.05, 0) is 25.7 Å². The first-order valence-corrected chi connectivity index (χ1v) is 7.36. The fourth-order valence-corrected chi connectivity index (χ4v) is 2.71. The van der Waals surface area contributed by atoms with Gasteiger partial charge in [-0.15, -0.1) is 0 Å². The van der Waals surface area contributed by atoms with Gasteiger partial charge in [-0.1, -0.05) is 39.5 Å². The highest BCUT2D eigenvalue weighted by Gasteiger charge is 2.41. The Kier molecular flexibility index (Phi) is 6.12. The number of urea groups is 1. The lowest BCUT2D eigenvalue weighted by Gasteiger charge is -2.34. The first-order chi connectivity index (χ1) is 9.04. The molecule has 0 bridgehead atoms. The van der Waals surface area contributed by atoms with Gasteiger partial charge in [-0.3, -0.25) is 0 Å². The molecule has 0 aromatic heterocycles. The van der Waals surface area contributed by atoms with Crippen molar-refractivity contribution in [3.05, 3.63) is 0 Å². The van der Waals surface area contributed by atoms with Crippen LogP contribution in [0.25, 0.3) is 0 Å². The van der Waals surface area contributed by atoms with E-state index < -0.39 is 11.5 Å². The molecule has 19 heavy (non-hydrogen) atoms. The first kappa shape index (κ1) is 15.8. The van der Waals surface area contributed by atoms with Crippen LogP contribution in [0.2, 0.25) is 0 Å². The molecule has 1 fully saturated rings. The molecule has 5 heteroatoms. The van der Waals surface area contributed by atoms with E-state index in [1.54, 1.807) is 0 Å². The smallest absolute Gasteiger partial charge is 0.329 e. The van der Waals surface area contributed by atoms with E-state index >= 15 is 0 Å². The molecular weight excluding hydrogens is 244 g/mol. The molecule has 1 rings (SSSR count). The highest BCUT2D eigenvalue weighted by Crippen LogP contribution is 2.28. The van der Waals surface area contributed by atoms with Gasteiger partial charge in [-0.2, -0.15) is 0 Å². The fourth-order valence-electron chi connectivity index (χ4n) is 2.71. The Morgan fingerprint density at radius 3 is 2.32 bits per heavy atom. The molecule has 1 aliphatic rings. The number of carboxylic acids is 1. The molecule has 3 N–H and O–H groups in total. The van der Waals surface area contributed by atoms with Crippen molar-refractivity contribution in [2.24, 2.45) is 0 Å². The Hall–Kier alpha value is -1.26. The maximum atomic E-state index is 12.0. The summed E-state index contributed by atoms with van der Waals surface area (Å²) in [6.45, 7) is 4.09. The molecule has 2 amide bonds. The molecule has 0 aromatic carbocycles. The van der Waals surface area contributed by atoms with E-state index in [9.17, 15) is 14.7 Å². The van der Waals surface area contributed by atoms with Gasteiger partial charge in [0.1, 0.15) is 5.54 Å². The zero-order valence-electron chi connectivity index (χ0n) is 12.0. The minimum Gasteiger partial charge on any atom is -0.480 e. The van der Waals surface area contributed by atoms with E-state index in [1.807, 2.05) is 6.92 Å². The number of aliphatic carboxylic acids is 1. The highest BCUT2D eigenvalue weighted by atomic mass is 16.4. The molecule has 1 aliphatic carbocycles. The molecule has 1 unspecified atom stereocenters. The molecule has 0 heterocycles. The number of hydrogen-bond acceptors (Lipinski definition) is 2. The van der Waals surface area contributed by atoms with Crippen LogP contribution in [0.5, 0.6) is 0 Å². The standard InChI is InChI=1S/C14H26N2O3/c1-3-8-11(4-2)15-13(19)16-14(12(17)18)9-6-5-7-10-14/h11H,3-10H2,1-2H3,(H,17,18)(H2,15,16,19). The van der Waals surface area contributed by atoms with Crippen molar-refractivity contribution in [2.45, 2.75) is 76.8 Å². The number of hydrogen-bond donors (Lipinski definition) is 3. The van der Waals surface area contributed by atoms with Crippen molar-refractivity contribution in [1.29, 1.82) is 0 Å². The first-order valence-electron chi connectivity index (χ1n) is 7.36. The molecule has 0 radical (unpaired) electrons. The van der Waals surface area contributed by atoms with Crippen molar-refractivity contribution in [3.63, 3.8) is 0 Å². The van der Waals surface area contributed by atoms with Crippen molar-refractivity contribution < 1.29 is 14.7 Å². The Morgan fingerprint density at radius 1 is 1.21 bits per heavy atom. The fraction of sp³-hybridized carbons (Fsp3) is 0.857. The van der Waals surface area contributed by atoms with Crippen LogP contribution >= 0.6 is 0 Å². The predicted molar refractivity (Wildman–Crippen MR) is 74.1 cm³/mol. The van der Waals surface area contributed by atoms with Gasteiger partial charge >= 0.3 is 12.0 Å². The Morgan fingerprint density at radius 2 is 1.84 bits per heavy atom. The summed E-state index contributed by atoms with van der Waals surface area (Å²) in [6, 6.07) is -0.218. The van der Waals surface area contributed by atoms with E-state index in [0.29, 0.717) is 12.8 Å². The third kappa shape index (κ3) is 4.40. The summed E-state index contributed by atoms with van der Waals surface area (Å²) in [6.07, 6.45) is 6.61. The van der Waals surface area contributed by atoms with Gasteiger partial charge in [0.15, 0.2) is 0 Å². The minimum absolute atomic E-state index is 0.124. The summed E-state index contributed by atoms with van der Waals surface area (Å²) in [7, 11) is 0. The lowest BCUT2D eigenvalue weighted by molar-refractivity contribution is -0.145. The van der Waals surface area contributed by atoms with Gasteiger partial charge in [0, 0.05) is 6.04 Å². The highest BCUT2D eigenvalue weighted by molar-refractivity contribution is 5.86. The van der Waals surface area contributed by atoms with Crippen molar-refractivity contribution in [2.75, 3.05) is 0 Å². The molecule has 1 saturated carbocycles. The molecule has 0 aliphatic heterocycles. The van der Waals surface area contributed by atoms with E-state index in [0.717, 1.165) is 38.5 Å². The van der Waals surface area contributed by atoms with Crippen LogP contribution in [0.15, 0.2) is 0 Å². The zero-order valence-corrected chi connectivity index (χ0v) is 12.0. The van der Waals surface area contributed by atoms with Crippen LogP contribution in [-0.4, -0.2) is 28.7 Å². The molecule has 0 saturated heterocycles. The summed E-state index contributed by atoms with van der Waals surface area (Å²) in [4.78, 5) is 23.4. The van der Waals surface area contributed by atoms with Crippen LogP contribution < -0.4 is 10.6 Å². The van der Waals surface area contributed by atoms with Crippen molar-refractivity contribution >= 4 is 12.0 Å². The lowest BCUT2D eigenvalue weighted by atomic mass is 9.82. The number of carbonyl (C=O) groups excluding carboxylic acids is 1. The number of nitrogens with one attached hydrogen (secondary N) is 2. The van der Waals surface area contributed by atoms with Gasteiger partial charge < -0.3 is 15.7 Å². The molecule has 1 atom stereocenters. The van der Waals surface area contributed by atoms with Crippen LogP contribution in [-0.2, 0) is 4.79 Å². The third-order valence-corrected chi connectivity index (χ3v) is 3.93. The van der Waals surface area contributed by atoms with Gasteiger partial charge in [0.2, 0.25) is 0 Å². The normalized spacial score (nSPS) is 19.5. The molecular formula is C14H26N2O3. The Bertz CT molecular complexity index is 312. The SMILES string of the molecule is CCCC(CC)NC(=O)NC1(C(=O)O)CCCCC1. The van der Waals surface area contributed by atoms with Crippen molar-refractivity contribution in [1.82, 2.24) is 10.6 Å². The molecule has 110 valence electrons. The van der Waals surface area contributed by atoms with Crippen LogP contribution in [0.1, 0.15) is 65.2 Å². The summed E-state index contributed by atoms with van der Waals surface area (Å²) >= 11 is 0. The van der Waals surface area contributed by atoms with Gasteiger partial charge in [0.25, 0.3) is 0 Å². The monoisotopic (exact) mass is 270 g/mol. The second kappa shape index (κ2) is 7.36. The Labute approximate surface area is 115 Å². The van der Waals surface area contributed by atoms with E-state index in [4.69, 9.17) is 0 Å². The van der Waals surface area contributed by atoms with Crippen LogP contribution in [0.3, 0.4) is 0 Å². The van der Waals surface area contributed by atoms with E-state index in [1.165, 1.54) is 0 Å². The quantitative estimate of drug-likeness (QED) is 0.694. The number of rotatable bonds is 6. The average molecular weight is 270 g/mol. The van der Waals surface area contributed by atoms with Gasteiger partial charge in [0.05, 0.1) is 0 Å². The maximum absolute atomic E-state index is 12.0. The molecule has 5 nitrogen and oxygen atoms in total. The van der Waals surface area contributed by atoms with Crippen LogP contribution in [0.4, 0.5) is 4.79 Å². The second-order valence-corrected chi connectivity index (χ2v) is 5.44. The second-order valence-electron chi connectivity index (χ2n) is 5.44. The van der Waals surface area contributed by atoms with E-state index in [-0.39, 0.29) is 12.1 Å². The average Bonchev–Trinajstić information content (AvgIpc) is 2.39. The van der Waals surface area contributed by atoms with E-state index in [2.05, 4.69) is 17.6 Å². The largest absolute Gasteiger partial charge is 0.480 e. The van der Waals surface area contributed by atoms with Gasteiger partial charge in [-0.25, -0.2) is 9.59 Å². The number of amides is 2. The predicted octanol–water partition coefficient (Wildman–Crippen LogP) is 2.65. The summed E-state index contributed by atoms with van der Waals surface area (Å²) in [5.74, 6) is -0.911. The summed E-state index contributed by atoms with van der Waals surface area (Å²) < 4.78 is 0.